The van der Waals surface area contributed by atoms with E-state index >= 15 is 0 Å². The summed E-state index contributed by atoms with van der Waals surface area (Å²) in [4.78, 5) is 18.0. The van der Waals surface area contributed by atoms with Crippen LogP contribution in [0.25, 0.3) is 0 Å². The summed E-state index contributed by atoms with van der Waals surface area (Å²) in [7, 11) is 1.83. The Morgan fingerprint density at radius 1 is 1.53 bits per heavy atom. The number of rotatable bonds is 7. The highest BCUT2D eigenvalue weighted by atomic mass is 32.1. The third-order valence-electron chi connectivity index (χ3n) is 2.57. The van der Waals surface area contributed by atoms with E-state index < -0.39 is 0 Å². The lowest BCUT2D eigenvalue weighted by Crippen LogP contribution is -2.28. The Labute approximate surface area is 107 Å². The quantitative estimate of drug-likeness (QED) is 0.757. The molecule has 1 amide bonds. The highest BCUT2D eigenvalue weighted by molar-refractivity contribution is 7.09. The molecule has 5 heteroatoms. The van der Waals surface area contributed by atoms with E-state index in [0.717, 1.165) is 30.8 Å². The monoisotopic (exact) mass is 255 g/mol. The first-order chi connectivity index (χ1) is 8.19. The van der Waals surface area contributed by atoms with Gasteiger partial charge in [0.15, 0.2) is 0 Å². The van der Waals surface area contributed by atoms with Crippen molar-refractivity contribution in [2.45, 2.75) is 32.6 Å². The fourth-order valence-corrected chi connectivity index (χ4v) is 2.33. The molecule has 0 aliphatic rings. The van der Waals surface area contributed by atoms with Gasteiger partial charge in [-0.05, 0) is 13.0 Å². The van der Waals surface area contributed by atoms with Crippen molar-refractivity contribution in [3.05, 3.63) is 16.1 Å². The first-order valence-electron chi connectivity index (χ1n) is 6.09. The molecule has 0 unspecified atom stereocenters. The van der Waals surface area contributed by atoms with E-state index in [1.54, 1.807) is 4.90 Å². The number of aromatic nitrogens is 1. The normalized spacial score (nSPS) is 10.5. The van der Waals surface area contributed by atoms with Crippen molar-refractivity contribution in [2.24, 2.45) is 5.73 Å². The van der Waals surface area contributed by atoms with Gasteiger partial charge in [-0.2, -0.15) is 0 Å². The van der Waals surface area contributed by atoms with Crippen LogP contribution in [-0.2, 0) is 6.42 Å². The molecule has 0 atom stereocenters. The van der Waals surface area contributed by atoms with Gasteiger partial charge in [-0.1, -0.05) is 19.8 Å². The summed E-state index contributed by atoms with van der Waals surface area (Å²) < 4.78 is 0. The third-order valence-corrected chi connectivity index (χ3v) is 3.48. The minimum atomic E-state index is 0.0145. The Kier molecular flexibility index (Phi) is 6.15. The van der Waals surface area contributed by atoms with Crippen molar-refractivity contribution in [1.82, 2.24) is 9.88 Å². The van der Waals surface area contributed by atoms with Gasteiger partial charge in [0.1, 0.15) is 5.69 Å². The van der Waals surface area contributed by atoms with Gasteiger partial charge in [-0.25, -0.2) is 4.98 Å². The van der Waals surface area contributed by atoms with Gasteiger partial charge in [0.05, 0.1) is 5.01 Å². The van der Waals surface area contributed by atoms with E-state index in [1.165, 1.54) is 17.8 Å². The van der Waals surface area contributed by atoms with E-state index in [4.69, 9.17) is 5.73 Å². The minimum absolute atomic E-state index is 0.0145. The molecule has 1 rings (SSSR count). The number of carbonyl (C=O) groups excluding carboxylic acids is 1. The maximum absolute atomic E-state index is 12.0. The predicted molar refractivity (Wildman–Crippen MR) is 71.4 cm³/mol. The maximum atomic E-state index is 12.0. The molecule has 1 aromatic rings. The zero-order valence-electron chi connectivity index (χ0n) is 10.6. The summed E-state index contributed by atoms with van der Waals surface area (Å²) in [6, 6.07) is 0. The standard InChI is InChI=1S/C12H21N3OS/c1-3-4-5-8-15(2)12(16)10-9-17-11(14-10)6-7-13/h9H,3-8,13H2,1-2H3. The Bertz CT molecular complexity index is 351. The van der Waals surface area contributed by atoms with E-state index in [0.29, 0.717) is 12.2 Å². The second-order valence-electron chi connectivity index (χ2n) is 4.10. The lowest BCUT2D eigenvalue weighted by Gasteiger charge is -2.15. The molecule has 0 saturated heterocycles. The van der Waals surface area contributed by atoms with Crippen LogP contribution in [0.4, 0.5) is 0 Å². The minimum Gasteiger partial charge on any atom is -0.340 e. The molecule has 0 spiro atoms. The summed E-state index contributed by atoms with van der Waals surface area (Å²) in [5.41, 5.74) is 6.01. The Balaban J connectivity index is 2.49. The number of hydrogen-bond donors (Lipinski definition) is 1. The summed E-state index contributed by atoms with van der Waals surface area (Å²) in [6.07, 6.45) is 4.13. The number of carbonyl (C=O) groups is 1. The number of nitrogens with two attached hydrogens (primary N) is 1. The van der Waals surface area contributed by atoms with Crippen molar-refractivity contribution in [3.8, 4) is 0 Å². The van der Waals surface area contributed by atoms with Crippen LogP contribution in [0.3, 0.4) is 0 Å². The molecule has 0 radical (unpaired) electrons. The second-order valence-corrected chi connectivity index (χ2v) is 5.04. The van der Waals surface area contributed by atoms with E-state index in [2.05, 4.69) is 11.9 Å². The van der Waals surface area contributed by atoms with Crippen molar-refractivity contribution < 1.29 is 4.79 Å². The first-order valence-corrected chi connectivity index (χ1v) is 6.97. The number of hydrogen-bond acceptors (Lipinski definition) is 4. The lowest BCUT2D eigenvalue weighted by atomic mass is 10.2. The topological polar surface area (TPSA) is 59.2 Å². The predicted octanol–water partition coefficient (Wildman–Crippen LogP) is 1.91. The van der Waals surface area contributed by atoms with Crippen LogP contribution in [0.15, 0.2) is 5.38 Å². The van der Waals surface area contributed by atoms with Crippen LogP contribution in [0.1, 0.15) is 41.7 Å². The first kappa shape index (κ1) is 14.1. The number of unbranched alkanes of at least 4 members (excludes halogenated alkanes) is 2. The summed E-state index contributed by atoms with van der Waals surface area (Å²) in [5.74, 6) is 0.0145. The van der Waals surface area contributed by atoms with Crippen molar-refractivity contribution in [2.75, 3.05) is 20.1 Å². The highest BCUT2D eigenvalue weighted by Crippen LogP contribution is 2.12. The Morgan fingerprint density at radius 2 is 2.29 bits per heavy atom. The van der Waals surface area contributed by atoms with Crippen molar-refractivity contribution in [1.29, 1.82) is 0 Å². The molecule has 1 heterocycles. The van der Waals surface area contributed by atoms with Crippen molar-refractivity contribution in [3.63, 3.8) is 0 Å². The molecule has 96 valence electrons. The van der Waals surface area contributed by atoms with Gasteiger partial charge in [0, 0.05) is 25.4 Å². The molecule has 0 aliphatic heterocycles. The molecule has 1 aromatic heterocycles. The Hall–Kier alpha value is -0.940. The van der Waals surface area contributed by atoms with Gasteiger partial charge >= 0.3 is 0 Å². The van der Waals surface area contributed by atoms with Gasteiger partial charge in [0.25, 0.3) is 5.91 Å². The number of amides is 1. The molecule has 0 aromatic carbocycles. The van der Waals surface area contributed by atoms with E-state index in [-0.39, 0.29) is 5.91 Å². The zero-order valence-corrected chi connectivity index (χ0v) is 11.4. The van der Waals surface area contributed by atoms with Crippen molar-refractivity contribution >= 4 is 17.2 Å². The number of thiazole rings is 1. The van der Waals surface area contributed by atoms with E-state index in [9.17, 15) is 4.79 Å². The zero-order chi connectivity index (χ0) is 12.7. The Morgan fingerprint density at radius 3 is 2.94 bits per heavy atom. The third kappa shape index (κ3) is 4.44. The van der Waals surface area contributed by atoms with Gasteiger partial charge < -0.3 is 10.6 Å². The summed E-state index contributed by atoms with van der Waals surface area (Å²) in [6.45, 7) is 3.53. The lowest BCUT2D eigenvalue weighted by molar-refractivity contribution is 0.0787. The summed E-state index contributed by atoms with van der Waals surface area (Å²) in [5, 5.41) is 2.77. The molecule has 0 saturated carbocycles. The van der Waals surface area contributed by atoms with Crippen LogP contribution < -0.4 is 5.73 Å². The molecule has 0 aliphatic carbocycles. The van der Waals surface area contributed by atoms with Gasteiger partial charge in [-0.3, -0.25) is 4.79 Å². The number of nitrogens with zero attached hydrogens (tertiary/aromatic N) is 2. The van der Waals surface area contributed by atoms with Crippen LogP contribution >= 0.6 is 11.3 Å². The molecule has 4 nitrogen and oxygen atoms in total. The van der Waals surface area contributed by atoms with Crippen LogP contribution in [-0.4, -0.2) is 35.9 Å². The SMILES string of the molecule is CCCCCN(C)C(=O)c1csc(CCN)n1. The van der Waals surface area contributed by atoms with Crippen LogP contribution in [0, 0.1) is 0 Å². The second kappa shape index (κ2) is 7.40. The maximum Gasteiger partial charge on any atom is 0.273 e. The van der Waals surface area contributed by atoms with E-state index in [1.807, 2.05) is 12.4 Å². The van der Waals surface area contributed by atoms with Crippen LogP contribution in [0.2, 0.25) is 0 Å². The van der Waals surface area contributed by atoms with Gasteiger partial charge in [0.2, 0.25) is 0 Å². The molecule has 17 heavy (non-hydrogen) atoms. The largest absolute Gasteiger partial charge is 0.340 e. The molecule has 0 fully saturated rings. The average molecular weight is 255 g/mol. The smallest absolute Gasteiger partial charge is 0.273 e. The molecular formula is C12H21N3OS. The van der Waals surface area contributed by atoms with Gasteiger partial charge in [-0.15, -0.1) is 11.3 Å². The fraction of sp³-hybridized carbons (Fsp3) is 0.667. The molecule has 0 bridgehead atoms. The molecule has 2 N–H and O–H groups in total. The summed E-state index contributed by atoms with van der Waals surface area (Å²) >= 11 is 1.51. The highest BCUT2D eigenvalue weighted by Gasteiger charge is 2.14. The fourth-order valence-electron chi connectivity index (χ4n) is 1.54. The average Bonchev–Trinajstić information content (AvgIpc) is 2.77. The van der Waals surface area contributed by atoms with Crippen LogP contribution in [0.5, 0.6) is 0 Å². The molecular weight excluding hydrogens is 234 g/mol.